The second-order valence-electron chi connectivity index (χ2n) is 10.1. The molecule has 7 heteroatoms. The van der Waals surface area contributed by atoms with E-state index in [0.29, 0.717) is 17.7 Å². The zero-order valence-corrected chi connectivity index (χ0v) is 22.2. The third-order valence-electron chi connectivity index (χ3n) is 7.06. The van der Waals surface area contributed by atoms with E-state index >= 15 is 0 Å². The van der Waals surface area contributed by atoms with Gasteiger partial charge in [-0.15, -0.1) is 0 Å². The van der Waals surface area contributed by atoms with Crippen LogP contribution in [0.2, 0.25) is 0 Å². The molecule has 3 atom stereocenters. The number of carbonyl (C=O) groups is 1. The van der Waals surface area contributed by atoms with Crippen molar-refractivity contribution in [3.8, 4) is 0 Å². The largest absolute Gasteiger partial charge is 0.359 e. The van der Waals surface area contributed by atoms with E-state index in [1.54, 1.807) is 0 Å². The zero-order valence-electron chi connectivity index (χ0n) is 21.3. The third kappa shape index (κ3) is 5.11. The van der Waals surface area contributed by atoms with Crippen LogP contribution < -0.4 is 10.6 Å². The van der Waals surface area contributed by atoms with Gasteiger partial charge in [0.25, 0.3) is 5.91 Å². The number of aromatic amines is 1. The summed E-state index contributed by atoms with van der Waals surface area (Å²) in [6.07, 6.45) is 1.96. The minimum absolute atomic E-state index is 0.116. The molecule has 2 aliphatic heterocycles. The number of aromatic nitrogens is 1. The Balaban J connectivity index is 1.45. The molecule has 5 rings (SSSR count). The molecule has 3 unspecified atom stereocenters. The summed E-state index contributed by atoms with van der Waals surface area (Å²) in [7, 11) is -1.49. The highest BCUT2D eigenvalue weighted by atomic mass is 32.2. The van der Waals surface area contributed by atoms with Crippen LogP contribution in [0.25, 0.3) is 11.6 Å². The number of nitrogens with zero attached hydrogens (tertiary/aromatic N) is 1. The van der Waals surface area contributed by atoms with E-state index in [2.05, 4.69) is 48.2 Å². The van der Waals surface area contributed by atoms with Gasteiger partial charge in [-0.2, -0.15) is 0 Å². The molecule has 1 saturated heterocycles. The average molecular weight is 504 g/mol. The van der Waals surface area contributed by atoms with Crippen LogP contribution in [-0.2, 0) is 22.1 Å². The molecule has 1 aromatic heterocycles. The summed E-state index contributed by atoms with van der Waals surface area (Å²) in [4.78, 5) is 19.8. The number of hydrogen-bond acceptors (Lipinski definition) is 4. The summed E-state index contributed by atoms with van der Waals surface area (Å²) in [6, 6.07) is 16.5. The Morgan fingerprint density at radius 3 is 2.53 bits per heavy atom. The van der Waals surface area contributed by atoms with E-state index < -0.39 is 10.8 Å². The van der Waals surface area contributed by atoms with Crippen molar-refractivity contribution in [3.05, 3.63) is 82.2 Å². The van der Waals surface area contributed by atoms with Crippen LogP contribution in [0.1, 0.15) is 47.5 Å². The molecule has 4 N–H and O–H groups in total. The van der Waals surface area contributed by atoms with Crippen molar-refractivity contribution < 1.29 is 9.35 Å². The van der Waals surface area contributed by atoms with Gasteiger partial charge in [-0.25, -0.2) is 4.55 Å². The first-order valence-electron chi connectivity index (χ1n) is 12.5. The highest BCUT2D eigenvalue weighted by Crippen LogP contribution is 2.35. The lowest BCUT2D eigenvalue weighted by Crippen LogP contribution is -2.53. The molecule has 2 aliphatic rings. The van der Waals surface area contributed by atoms with Crippen LogP contribution in [0.4, 0.5) is 5.69 Å². The van der Waals surface area contributed by atoms with Gasteiger partial charge >= 0.3 is 0 Å². The number of thiol groups is 1. The quantitative estimate of drug-likeness (QED) is 0.181. The third-order valence-corrected chi connectivity index (χ3v) is 8.41. The fourth-order valence-corrected chi connectivity index (χ4v) is 6.44. The molecular weight excluding hydrogens is 468 g/mol. The predicted molar refractivity (Wildman–Crippen MR) is 152 cm³/mol. The van der Waals surface area contributed by atoms with Crippen molar-refractivity contribution in [2.24, 2.45) is 0 Å². The van der Waals surface area contributed by atoms with Crippen LogP contribution in [-0.4, -0.2) is 50.9 Å². The smallest absolute Gasteiger partial charge is 0.256 e. The van der Waals surface area contributed by atoms with E-state index in [1.807, 2.05) is 60.0 Å². The second-order valence-corrected chi connectivity index (χ2v) is 11.5. The van der Waals surface area contributed by atoms with Crippen molar-refractivity contribution in [1.29, 1.82) is 0 Å². The van der Waals surface area contributed by atoms with E-state index in [4.69, 9.17) is 0 Å². The molecule has 1 amide bonds. The molecule has 0 spiro atoms. The van der Waals surface area contributed by atoms with Crippen LogP contribution in [0, 0.1) is 13.8 Å². The summed E-state index contributed by atoms with van der Waals surface area (Å²) in [6.45, 7) is 11.6. The lowest BCUT2D eigenvalue weighted by Gasteiger charge is -2.36. The summed E-state index contributed by atoms with van der Waals surface area (Å²) in [5, 5.41) is 8.46. The van der Waals surface area contributed by atoms with Gasteiger partial charge in [0.05, 0.1) is 5.57 Å². The molecule has 3 aromatic rings. The molecule has 0 saturated carbocycles. The van der Waals surface area contributed by atoms with Crippen molar-refractivity contribution in [1.82, 2.24) is 15.2 Å². The van der Waals surface area contributed by atoms with Gasteiger partial charge in [-0.3, -0.25) is 9.69 Å². The molecule has 6 nitrogen and oxygen atoms in total. The van der Waals surface area contributed by atoms with E-state index in [1.165, 1.54) is 11.1 Å². The zero-order chi connectivity index (χ0) is 25.4. The second kappa shape index (κ2) is 10.2. The first kappa shape index (κ1) is 24.7. The molecule has 0 aliphatic carbocycles. The maximum Gasteiger partial charge on any atom is 0.256 e. The molecule has 0 bridgehead atoms. The summed E-state index contributed by atoms with van der Waals surface area (Å²) < 4.78 is 10.9. The number of aryl methyl sites for hydroxylation is 1. The van der Waals surface area contributed by atoms with E-state index in [-0.39, 0.29) is 5.91 Å². The number of benzene rings is 2. The van der Waals surface area contributed by atoms with Crippen molar-refractivity contribution >= 4 is 39.4 Å². The number of nitrogens with one attached hydrogen (secondary N) is 3. The highest BCUT2D eigenvalue weighted by Gasteiger charge is 2.27. The number of carbonyl (C=O) groups excluding carboxylic acids is 1. The highest BCUT2D eigenvalue weighted by molar-refractivity contribution is 7.90. The Morgan fingerprint density at radius 1 is 1.08 bits per heavy atom. The van der Waals surface area contributed by atoms with Gasteiger partial charge in [-0.1, -0.05) is 30.3 Å². The number of fused-ring (bicyclic) bond motifs is 1. The molecule has 188 valence electrons. The number of H-pyrrole nitrogens is 1. The number of rotatable bonds is 5. The Bertz CT molecular complexity index is 1350. The van der Waals surface area contributed by atoms with Crippen LogP contribution >= 0.6 is 0 Å². The van der Waals surface area contributed by atoms with Crippen LogP contribution in [0.5, 0.6) is 0 Å². The van der Waals surface area contributed by atoms with Crippen LogP contribution in [0.3, 0.4) is 0 Å². The van der Waals surface area contributed by atoms with Gasteiger partial charge in [0, 0.05) is 76.8 Å². The van der Waals surface area contributed by atoms with Crippen molar-refractivity contribution in [2.45, 2.75) is 51.2 Å². The molecular formula is C29H35N4O2S+. The van der Waals surface area contributed by atoms with Gasteiger partial charge < -0.3 is 15.6 Å². The minimum Gasteiger partial charge on any atom is -0.359 e. The van der Waals surface area contributed by atoms with Gasteiger partial charge in [0.1, 0.15) is 10.3 Å². The number of anilines is 1. The van der Waals surface area contributed by atoms with Crippen molar-refractivity contribution in [3.63, 3.8) is 0 Å². The predicted octanol–water partition coefficient (Wildman–Crippen LogP) is 4.34. The fourth-order valence-electron chi connectivity index (χ4n) is 5.35. The van der Waals surface area contributed by atoms with Crippen LogP contribution in [0.15, 0.2) is 53.4 Å². The lowest BCUT2D eigenvalue weighted by atomic mass is 10.0. The lowest BCUT2D eigenvalue weighted by molar-refractivity contribution is -0.110. The van der Waals surface area contributed by atoms with Gasteiger partial charge in [0.15, 0.2) is 0 Å². The average Bonchev–Trinajstić information content (AvgIpc) is 3.29. The monoisotopic (exact) mass is 503 g/mol. The first-order valence-corrected chi connectivity index (χ1v) is 13.9. The molecule has 0 radical (unpaired) electrons. The molecule has 1 fully saturated rings. The first-order chi connectivity index (χ1) is 17.3. The van der Waals surface area contributed by atoms with Crippen molar-refractivity contribution in [2.75, 3.05) is 18.4 Å². The van der Waals surface area contributed by atoms with E-state index in [9.17, 15) is 9.35 Å². The standard InChI is InChI=1S/C29H34N4O2S/c1-18-14-33(15-19(2)30-18)16-26-20(3)28(31-21(26)4)13-25-24-12-23(10-11-27(24)32-29(25)34)36(35)17-22-8-6-5-7-9-22/h5-13,17-19,30-31,35H,14-16H2,1-4H3,(H,32,34)/p+1. The fraction of sp³-hybridized carbons (Fsp3) is 0.310. The Hall–Kier alpha value is -2.97. The molecule has 36 heavy (non-hydrogen) atoms. The molecule has 3 heterocycles. The van der Waals surface area contributed by atoms with E-state index in [0.717, 1.165) is 52.7 Å². The number of hydrogen-bond donors (Lipinski definition) is 4. The van der Waals surface area contributed by atoms with Gasteiger partial charge in [-0.05, 0) is 57.0 Å². The number of amides is 1. The minimum atomic E-state index is -1.49. The Labute approximate surface area is 215 Å². The normalized spacial score (nSPS) is 22.1. The Kier molecular flexibility index (Phi) is 6.99. The maximum absolute atomic E-state index is 12.9. The summed E-state index contributed by atoms with van der Waals surface area (Å²) >= 11 is 0. The topological polar surface area (TPSA) is 80.4 Å². The maximum atomic E-state index is 12.9. The summed E-state index contributed by atoms with van der Waals surface area (Å²) in [5.41, 5.74) is 7.79. The summed E-state index contributed by atoms with van der Waals surface area (Å²) in [5.74, 6) is -0.116. The Morgan fingerprint density at radius 2 is 1.81 bits per heavy atom. The van der Waals surface area contributed by atoms with Gasteiger partial charge in [0.2, 0.25) is 0 Å². The SMILES string of the molecule is Cc1[nH]c(C=C2C(=O)Nc3ccc([SH+](O)=Cc4ccccc4)cc32)c(C)c1CN1CC(C)NC(C)C1. The molecule has 2 aromatic carbocycles. The number of piperazine rings is 1.